The van der Waals surface area contributed by atoms with Crippen molar-refractivity contribution in [1.82, 2.24) is 9.47 Å². The van der Waals surface area contributed by atoms with Crippen LogP contribution in [0.2, 0.25) is 0 Å². The van der Waals surface area contributed by atoms with Gasteiger partial charge in [-0.05, 0) is 50.1 Å². The fourth-order valence-electron chi connectivity index (χ4n) is 4.36. The Hall–Kier alpha value is -2.94. The molecule has 8 heteroatoms. The molecule has 0 unspecified atom stereocenters. The Morgan fingerprint density at radius 2 is 1.69 bits per heavy atom. The maximum atomic E-state index is 14.0. The molecule has 1 amide bonds. The Kier molecular flexibility index (Phi) is 6.53. The van der Waals surface area contributed by atoms with E-state index in [0.717, 1.165) is 34.6 Å². The standard InChI is InChI=1S/C27H25N3O2S3/c1-4-16-29-24(31)23(35-27(29)33)26-30(19-13-10-17(3)11-14-19)25(32)22(34-26)21-15-12-18-8-6-7-9-20(18)28(21)5-2/h6-15H,4-5,16H2,1-3H3/b22-21+,26-23-. The summed E-state index contributed by atoms with van der Waals surface area (Å²) < 4.78 is 3.45. The minimum Gasteiger partial charge on any atom is -0.340 e. The van der Waals surface area contributed by atoms with E-state index >= 15 is 0 Å². The quantitative estimate of drug-likeness (QED) is 0.483. The van der Waals surface area contributed by atoms with Crippen LogP contribution in [0.25, 0.3) is 22.4 Å². The molecule has 0 spiro atoms. The number of thioether (sulfide) groups is 1. The maximum absolute atomic E-state index is 14.0. The average molecular weight is 520 g/mol. The summed E-state index contributed by atoms with van der Waals surface area (Å²) in [6.45, 7) is 7.40. The number of hydrogen-bond acceptors (Lipinski definition) is 6. The van der Waals surface area contributed by atoms with Crippen LogP contribution in [0.3, 0.4) is 0 Å². The second-order valence-corrected chi connectivity index (χ2v) is 11.0. The second-order valence-electron chi connectivity index (χ2n) is 8.39. The fraction of sp³-hybridized carbons (Fsp3) is 0.222. The Labute approximate surface area is 217 Å². The number of hydrogen-bond donors (Lipinski definition) is 0. The Balaban J connectivity index is 1.84. The number of thiazole rings is 1. The molecule has 1 aromatic heterocycles. The fourth-order valence-corrected chi connectivity index (χ4v) is 6.99. The molecule has 178 valence electrons. The molecule has 35 heavy (non-hydrogen) atoms. The van der Waals surface area contributed by atoms with Gasteiger partial charge in [0.15, 0.2) is 0 Å². The Morgan fingerprint density at radius 3 is 2.40 bits per heavy atom. The monoisotopic (exact) mass is 519 g/mol. The van der Waals surface area contributed by atoms with Crippen LogP contribution < -0.4 is 19.7 Å². The minimum absolute atomic E-state index is 0.127. The number of nitrogens with zero attached hydrogens (tertiary/aromatic N) is 3. The number of carbonyl (C=O) groups is 1. The molecule has 2 aromatic carbocycles. The van der Waals surface area contributed by atoms with Crippen LogP contribution in [0.5, 0.6) is 0 Å². The zero-order valence-corrected chi connectivity index (χ0v) is 22.2. The lowest BCUT2D eigenvalue weighted by Gasteiger charge is -2.28. The summed E-state index contributed by atoms with van der Waals surface area (Å²) in [6, 6.07) is 16.0. The molecule has 0 saturated carbocycles. The normalized spacial score (nSPS) is 18.5. The molecule has 1 saturated heterocycles. The average Bonchev–Trinajstić information content (AvgIpc) is 3.35. The molecule has 5 rings (SSSR count). The van der Waals surface area contributed by atoms with Gasteiger partial charge in [0.1, 0.15) is 18.4 Å². The summed E-state index contributed by atoms with van der Waals surface area (Å²) in [7, 11) is 0. The molecular weight excluding hydrogens is 495 g/mol. The summed E-state index contributed by atoms with van der Waals surface area (Å²) in [5.41, 5.74) is 4.74. The van der Waals surface area contributed by atoms with E-state index < -0.39 is 0 Å². The summed E-state index contributed by atoms with van der Waals surface area (Å²) in [5.74, 6) is -0.127. The van der Waals surface area contributed by atoms with Gasteiger partial charge in [-0.15, -0.1) is 11.3 Å². The third-order valence-electron chi connectivity index (χ3n) is 6.07. The van der Waals surface area contributed by atoms with E-state index in [-0.39, 0.29) is 11.5 Å². The molecule has 2 aliphatic heterocycles. The van der Waals surface area contributed by atoms with Crippen molar-refractivity contribution in [3.63, 3.8) is 0 Å². The number of fused-ring (bicyclic) bond motifs is 1. The summed E-state index contributed by atoms with van der Waals surface area (Å²) in [4.78, 5) is 31.7. The van der Waals surface area contributed by atoms with Crippen LogP contribution in [0.4, 0.5) is 5.69 Å². The van der Waals surface area contributed by atoms with Crippen molar-refractivity contribution in [3.8, 4) is 5.69 Å². The first kappa shape index (κ1) is 23.8. The first-order valence-electron chi connectivity index (χ1n) is 11.6. The number of rotatable bonds is 4. The third kappa shape index (κ3) is 4.09. The van der Waals surface area contributed by atoms with Crippen molar-refractivity contribution in [2.24, 2.45) is 0 Å². The van der Waals surface area contributed by atoms with Gasteiger partial charge in [0.05, 0.1) is 11.4 Å². The molecule has 3 heterocycles. The summed E-state index contributed by atoms with van der Waals surface area (Å²) in [6.07, 6.45) is 4.87. The lowest BCUT2D eigenvalue weighted by Crippen LogP contribution is -2.36. The van der Waals surface area contributed by atoms with Crippen molar-refractivity contribution in [2.45, 2.75) is 27.2 Å². The predicted octanol–water partition coefficient (Wildman–Crippen LogP) is 4.25. The Morgan fingerprint density at radius 1 is 0.943 bits per heavy atom. The van der Waals surface area contributed by atoms with Crippen LogP contribution in [0.1, 0.15) is 31.4 Å². The van der Waals surface area contributed by atoms with Crippen LogP contribution in [0, 0.1) is 6.92 Å². The number of aryl methyl sites for hydroxylation is 1. The number of likely N-dealkylation sites (N-methyl/N-ethyl adjacent to an activating group) is 1. The molecular formula is C27H25N3O2S3. The van der Waals surface area contributed by atoms with Crippen molar-refractivity contribution in [3.05, 3.63) is 85.3 Å². The summed E-state index contributed by atoms with van der Waals surface area (Å²) >= 11 is 8.17. The molecule has 0 N–H and O–H groups in total. The molecule has 0 bridgehead atoms. The van der Waals surface area contributed by atoms with Gasteiger partial charge in [-0.2, -0.15) is 0 Å². The topological polar surface area (TPSA) is 45.6 Å². The van der Waals surface area contributed by atoms with Gasteiger partial charge in [-0.25, -0.2) is 0 Å². The lowest BCUT2D eigenvalue weighted by molar-refractivity contribution is -0.120. The van der Waals surface area contributed by atoms with Gasteiger partial charge >= 0.3 is 0 Å². The van der Waals surface area contributed by atoms with E-state index in [0.29, 0.717) is 31.5 Å². The van der Waals surface area contributed by atoms with Gasteiger partial charge in [-0.3, -0.25) is 19.1 Å². The van der Waals surface area contributed by atoms with Crippen LogP contribution >= 0.6 is 35.3 Å². The van der Waals surface area contributed by atoms with E-state index in [1.165, 1.54) is 23.1 Å². The number of amides is 1. The van der Waals surface area contributed by atoms with Crippen molar-refractivity contribution in [2.75, 3.05) is 18.0 Å². The molecule has 0 aliphatic carbocycles. The molecule has 5 nitrogen and oxygen atoms in total. The van der Waals surface area contributed by atoms with Gasteiger partial charge in [0.2, 0.25) is 0 Å². The molecule has 0 atom stereocenters. The Bertz CT molecular complexity index is 1550. The predicted molar refractivity (Wildman–Crippen MR) is 151 cm³/mol. The smallest absolute Gasteiger partial charge is 0.275 e. The molecule has 2 aliphatic rings. The number of aromatic nitrogens is 1. The van der Waals surface area contributed by atoms with E-state index in [1.807, 2.05) is 62.4 Å². The van der Waals surface area contributed by atoms with E-state index in [2.05, 4.69) is 24.0 Å². The lowest BCUT2D eigenvalue weighted by atomic mass is 10.1. The van der Waals surface area contributed by atoms with Crippen LogP contribution in [-0.2, 0) is 4.79 Å². The molecule has 1 fully saturated rings. The SMILES string of the molecule is CCCN1C(=O)/C(=c2/s/c(=C3\C=Cc4ccccc4N3CC)c(=O)n2-c2ccc(C)cc2)SC1=S. The first-order chi connectivity index (χ1) is 16.9. The molecule has 3 aromatic rings. The number of carbonyl (C=O) groups excluding carboxylic acids is 1. The van der Waals surface area contributed by atoms with Crippen LogP contribution in [0.15, 0.2) is 59.4 Å². The van der Waals surface area contributed by atoms with Crippen molar-refractivity contribution in [1.29, 1.82) is 0 Å². The largest absolute Gasteiger partial charge is 0.340 e. The minimum atomic E-state index is -0.132. The van der Waals surface area contributed by atoms with E-state index in [9.17, 15) is 9.59 Å². The van der Waals surface area contributed by atoms with E-state index in [4.69, 9.17) is 12.2 Å². The van der Waals surface area contributed by atoms with Gasteiger partial charge in [-0.1, -0.05) is 72.9 Å². The zero-order chi connectivity index (χ0) is 24.7. The highest BCUT2D eigenvalue weighted by Crippen LogP contribution is 2.32. The zero-order valence-electron chi connectivity index (χ0n) is 19.8. The van der Waals surface area contributed by atoms with Gasteiger partial charge in [0.25, 0.3) is 11.5 Å². The maximum Gasteiger partial charge on any atom is 0.275 e. The van der Waals surface area contributed by atoms with Crippen molar-refractivity contribution >= 4 is 67.9 Å². The third-order valence-corrected chi connectivity index (χ3v) is 8.80. The first-order valence-corrected chi connectivity index (χ1v) is 13.6. The highest BCUT2D eigenvalue weighted by Gasteiger charge is 2.34. The van der Waals surface area contributed by atoms with E-state index in [1.54, 1.807) is 9.47 Å². The number of para-hydroxylation sites is 1. The highest BCUT2D eigenvalue weighted by molar-refractivity contribution is 8.30. The second kappa shape index (κ2) is 9.60. The number of benzene rings is 2. The number of anilines is 1. The van der Waals surface area contributed by atoms with Crippen molar-refractivity contribution < 1.29 is 4.79 Å². The van der Waals surface area contributed by atoms with Gasteiger partial charge in [0, 0.05) is 18.8 Å². The highest BCUT2D eigenvalue weighted by atomic mass is 32.2. The molecule has 0 radical (unpaired) electrons. The summed E-state index contributed by atoms with van der Waals surface area (Å²) in [5, 5.41) is 0. The van der Waals surface area contributed by atoms with Crippen LogP contribution in [-0.4, -0.2) is 32.8 Å². The van der Waals surface area contributed by atoms with Gasteiger partial charge < -0.3 is 4.90 Å². The number of thiocarbonyl (C=S) groups is 1.